The second-order valence-electron chi connectivity index (χ2n) is 7.58. The van der Waals surface area contributed by atoms with Gasteiger partial charge in [0.25, 0.3) is 0 Å². The van der Waals surface area contributed by atoms with E-state index in [4.69, 9.17) is 46.2 Å². The Hall–Kier alpha value is -3.48. The lowest BCUT2D eigenvalue weighted by atomic mass is 10.2. The first kappa shape index (κ1) is 29.7. The Morgan fingerprint density at radius 1 is 0.676 bits per heavy atom. The number of aromatic hydroxyl groups is 1. The second-order valence-corrected chi connectivity index (χ2v) is 8.95. The summed E-state index contributed by atoms with van der Waals surface area (Å²) in [5.74, 6) is 0.662. The molecule has 0 heterocycles. The van der Waals surface area contributed by atoms with Crippen molar-refractivity contribution in [3.63, 3.8) is 0 Å². The van der Waals surface area contributed by atoms with E-state index in [1.54, 1.807) is 18.2 Å². The van der Waals surface area contributed by atoms with Crippen LogP contribution in [-0.2, 0) is 25.0 Å². The van der Waals surface area contributed by atoms with Crippen molar-refractivity contribution in [3.8, 4) is 11.5 Å². The van der Waals surface area contributed by atoms with Gasteiger partial charge in [-0.15, -0.1) is 0 Å². The van der Waals surface area contributed by atoms with Crippen LogP contribution in [0.1, 0.15) is 22.3 Å². The molecule has 37 heavy (non-hydrogen) atoms. The summed E-state index contributed by atoms with van der Waals surface area (Å²) in [6.07, 6.45) is 0. The number of hydrogen-bond acceptors (Lipinski definition) is 2. The summed E-state index contributed by atoms with van der Waals surface area (Å²) in [5.41, 5.74) is 4.11. The molecule has 0 fully saturated rings. The molecular weight excluding hydrogens is 571 g/mol. The Kier molecular flexibility index (Phi) is 13.7. The molecule has 0 aromatic heterocycles. The van der Waals surface area contributed by atoms with Crippen LogP contribution in [0.15, 0.2) is 97.1 Å². The fourth-order valence-electron chi connectivity index (χ4n) is 2.90. The Morgan fingerprint density at radius 3 is 1.68 bits per heavy atom. The van der Waals surface area contributed by atoms with Gasteiger partial charge < -0.3 is 19.5 Å². The van der Waals surface area contributed by atoms with E-state index in [2.05, 4.69) is 37.8 Å². The largest absolute Gasteiger partial charge is 0.506 e. The number of hydrogen-bond donors (Lipinski definition) is 1. The zero-order valence-electron chi connectivity index (χ0n) is 19.9. The smallest absolute Gasteiger partial charge is 0.239 e. The molecular formula is C30H25BrCl2N2O2. The van der Waals surface area contributed by atoms with Gasteiger partial charge in [0.1, 0.15) is 18.1 Å². The van der Waals surface area contributed by atoms with Crippen LogP contribution in [-0.4, -0.2) is 5.11 Å². The molecule has 0 spiro atoms. The lowest BCUT2D eigenvalue weighted by Crippen LogP contribution is -1.96. The minimum absolute atomic E-state index is 0.0350. The molecule has 4 rings (SSSR count). The van der Waals surface area contributed by atoms with Crippen molar-refractivity contribution in [3.05, 3.63) is 152 Å². The zero-order valence-corrected chi connectivity index (χ0v) is 23.0. The highest BCUT2D eigenvalue weighted by molar-refractivity contribution is 9.08. The lowest BCUT2D eigenvalue weighted by molar-refractivity contribution is 0.306. The van der Waals surface area contributed by atoms with Gasteiger partial charge in [0, 0.05) is 16.5 Å². The number of alkyl halides is 1. The Balaban J connectivity index is 0.000000215. The van der Waals surface area contributed by atoms with Gasteiger partial charge in [-0.25, -0.2) is 13.1 Å². The predicted molar refractivity (Wildman–Crippen MR) is 155 cm³/mol. The molecule has 188 valence electrons. The predicted octanol–water partition coefficient (Wildman–Crippen LogP) is 9.38. The third-order valence-corrected chi connectivity index (χ3v) is 6.04. The maximum absolute atomic E-state index is 9.09. The molecule has 4 aromatic rings. The van der Waals surface area contributed by atoms with E-state index in [1.165, 1.54) is 11.6 Å². The summed E-state index contributed by atoms with van der Waals surface area (Å²) in [6.45, 7) is 14.5. The van der Waals surface area contributed by atoms with Crippen molar-refractivity contribution in [1.82, 2.24) is 0 Å². The van der Waals surface area contributed by atoms with Crippen LogP contribution in [0.2, 0.25) is 10.0 Å². The summed E-state index contributed by atoms with van der Waals surface area (Å²) < 4.78 is 5.67. The first-order valence-corrected chi connectivity index (χ1v) is 13.0. The zero-order chi connectivity index (χ0) is 26.9. The molecule has 4 aromatic carbocycles. The summed E-state index contributed by atoms with van der Waals surface area (Å²) in [4.78, 5) is 6.52. The van der Waals surface area contributed by atoms with Gasteiger partial charge in [-0.2, -0.15) is 0 Å². The van der Waals surface area contributed by atoms with E-state index in [0.717, 1.165) is 22.0 Å². The number of ether oxygens (including phenoxy) is 1. The Labute approximate surface area is 236 Å². The summed E-state index contributed by atoms with van der Waals surface area (Å²) in [6, 6.07) is 30.4. The second kappa shape index (κ2) is 17.1. The molecule has 0 saturated heterocycles. The molecule has 0 bridgehead atoms. The maximum Gasteiger partial charge on any atom is 0.239 e. The average Bonchev–Trinajstić information content (AvgIpc) is 2.93. The van der Waals surface area contributed by atoms with Crippen LogP contribution in [0.4, 0.5) is 0 Å². The molecule has 1 N–H and O–H groups in total. The normalized spacial score (nSPS) is 9.43. The van der Waals surface area contributed by atoms with Gasteiger partial charge in [0.2, 0.25) is 13.1 Å². The van der Waals surface area contributed by atoms with E-state index < -0.39 is 0 Å². The van der Waals surface area contributed by atoms with Gasteiger partial charge in [-0.05, 0) is 47.5 Å². The quantitative estimate of drug-likeness (QED) is 0.178. The number of benzene rings is 4. The Bertz CT molecular complexity index is 1320. The standard InChI is InChI=1S/C15H12ClNO.C8H6ClNO.C7H7Br/c1-17-10-13-7-8-14(16)15(9-13)18-11-12-5-3-2-4-6-12;1-10-5-6-2-3-7(9)8(11)4-6;8-6-7-4-2-1-3-5-7/h2-9H,10-11H2;2-4,11H,5H2;1-5H,6H2. The molecule has 0 aliphatic carbocycles. The minimum Gasteiger partial charge on any atom is -0.506 e. The number of rotatable bonds is 6. The molecule has 0 unspecified atom stereocenters. The maximum atomic E-state index is 9.09. The van der Waals surface area contributed by atoms with Crippen LogP contribution in [0, 0.1) is 13.1 Å². The minimum atomic E-state index is 0.0350. The summed E-state index contributed by atoms with van der Waals surface area (Å²) in [7, 11) is 0. The molecule has 7 heteroatoms. The highest BCUT2D eigenvalue weighted by Crippen LogP contribution is 2.27. The highest BCUT2D eigenvalue weighted by Gasteiger charge is 2.05. The average molecular weight is 596 g/mol. The molecule has 0 amide bonds. The van der Waals surface area contributed by atoms with Crippen LogP contribution in [0.3, 0.4) is 0 Å². The first-order valence-electron chi connectivity index (χ1n) is 11.2. The monoisotopic (exact) mass is 594 g/mol. The number of halogens is 3. The summed E-state index contributed by atoms with van der Waals surface area (Å²) >= 11 is 15.0. The molecule has 0 aliphatic heterocycles. The molecule has 4 nitrogen and oxygen atoms in total. The molecule has 0 atom stereocenters. The number of phenols is 1. The fourth-order valence-corrected chi connectivity index (χ4v) is 3.56. The fraction of sp³-hybridized carbons (Fsp3) is 0.133. The van der Waals surface area contributed by atoms with E-state index in [9.17, 15) is 0 Å². The Morgan fingerprint density at radius 2 is 1.19 bits per heavy atom. The van der Waals surface area contributed by atoms with Crippen molar-refractivity contribution in [2.24, 2.45) is 0 Å². The van der Waals surface area contributed by atoms with Crippen LogP contribution in [0.5, 0.6) is 11.5 Å². The van der Waals surface area contributed by atoms with Crippen molar-refractivity contribution in [1.29, 1.82) is 0 Å². The summed E-state index contributed by atoms with van der Waals surface area (Å²) in [5, 5.41) is 10.9. The van der Waals surface area contributed by atoms with Gasteiger partial charge >= 0.3 is 0 Å². The topological polar surface area (TPSA) is 38.2 Å². The van der Waals surface area contributed by atoms with E-state index in [0.29, 0.717) is 28.9 Å². The molecule has 0 aliphatic rings. The number of phenolic OH excluding ortho intramolecular Hbond substituents is 1. The van der Waals surface area contributed by atoms with Gasteiger partial charge in [0.15, 0.2) is 0 Å². The van der Waals surface area contributed by atoms with Crippen molar-refractivity contribution < 1.29 is 9.84 Å². The van der Waals surface area contributed by atoms with Crippen LogP contribution >= 0.6 is 39.1 Å². The van der Waals surface area contributed by atoms with Crippen LogP contribution in [0.25, 0.3) is 9.69 Å². The highest BCUT2D eigenvalue weighted by atomic mass is 79.9. The van der Waals surface area contributed by atoms with Crippen LogP contribution < -0.4 is 4.74 Å². The third-order valence-electron chi connectivity index (χ3n) is 4.76. The van der Waals surface area contributed by atoms with Gasteiger partial charge in [-0.3, -0.25) is 0 Å². The van der Waals surface area contributed by atoms with Gasteiger partial charge in [-0.1, -0.05) is 99.8 Å². The SMILES string of the molecule is BrCc1ccccc1.[C-]#[N+]Cc1ccc(Cl)c(O)c1.[C-]#[N+]Cc1ccc(Cl)c(OCc2ccccc2)c1. The molecule has 0 radical (unpaired) electrons. The van der Waals surface area contributed by atoms with E-state index in [-0.39, 0.29) is 12.3 Å². The molecule has 0 saturated carbocycles. The van der Waals surface area contributed by atoms with Crippen molar-refractivity contribution in [2.75, 3.05) is 0 Å². The van der Waals surface area contributed by atoms with Crippen molar-refractivity contribution in [2.45, 2.75) is 25.0 Å². The van der Waals surface area contributed by atoms with Crippen molar-refractivity contribution >= 4 is 39.1 Å². The van der Waals surface area contributed by atoms with E-state index >= 15 is 0 Å². The lowest BCUT2D eigenvalue weighted by Gasteiger charge is -2.08. The van der Waals surface area contributed by atoms with E-state index in [1.807, 2.05) is 60.7 Å². The van der Waals surface area contributed by atoms with Gasteiger partial charge in [0.05, 0.1) is 10.0 Å². The first-order chi connectivity index (χ1) is 18.0. The number of nitrogens with zero attached hydrogens (tertiary/aromatic N) is 2. The third kappa shape index (κ3) is 11.4.